The number of fused-ring (bicyclic) bond motifs is 1. The van der Waals surface area contributed by atoms with Gasteiger partial charge in [-0.05, 0) is 31.0 Å². The molecule has 6 nitrogen and oxygen atoms in total. The molecule has 1 N–H and O–H groups in total. The number of carbonyl (C=O) groups is 1. The van der Waals surface area contributed by atoms with Crippen LogP contribution in [-0.2, 0) is 18.3 Å². The number of aromatic nitrogens is 4. The Hall–Kier alpha value is -2.60. The summed E-state index contributed by atoms with van der Waals surface area (Å²) in [6, 6.07) is 6.03. The van der Waals surface area contributed by atoms with E-state index in [0.717, 1.165) is 41.4 Å². The van der Waals surface area contributed by atoms with Crippen LogP contribution in [0.5, 0.6) is 0 Å². The van der Waals surface area contributed by atoms with E-state index < -0.39 is 0 Å². The van der Waals surface area contributed by atoms with Crippen molar-refractivity contribution in [2.75, 3.05) is 6.54 Å². The minimum atomic E-state index is -0.0361. The van der Waals surface area contributed by atoms with E-state index >= 15 is 0 Å². The van der Waals surface area contributed by atoms with Crippen molar-refractivity contribution >= 4 is 16.7 Å². The zero-order chi connectivity index (χ0) is 16.5. The van der Waals surface area contributed by atoms with Gasteiger partial charge in [0.05, 0.1) is 24.2 Å². The average molecular weight is 321 g/mol. The SMILES string of the molecule is Cn1cc(-c2ccc3cnc(CC(=O)[C@H]4CCCN4)nc3c2)cn1. The van der Waals surface area contributed by atoms with Gasteiger partial charge in [-0.2, -0.15) is 5.10 Å². The molecule has 0 radical (unpaired) electrons. The summed E-state index contributed by atoms with van der Waals surface area (Å²) in [6.45, 7) is 0.920. The maximum atomic E-state index is 12.3. The first-order chi connectivity index (χ1) is 11.7. The molecule has 0 spiro atoms. The molecular formula is C18H19N5O. The van der Waals surface area contributed by atoms with E-state index in [-0.39, 0.29) is 18.2 Å². The highest BCUT2D eigenvalue weighted by atomic mass is 16.1. The lowest BCUT2D eigenvalue weighted by molar-refractivity contribution is -0.120. The number of ketones is 1. The first kappa shape index (κ1) is 15.0. The lowest BCUT2D eigenvalue weighted by atomic mass is 10.1. The maximum absolute atomic E-state index is 12.3. The summed E-state index contributed by atoms with van der Waals surface area (Å²) in [7, 11) is 1.90. The summed E-state index contributed by atoms with van der Waals surface area (Å²) in [6.07, 6.45) is 7.85. The van der Waals surface area contributed by atoms with Gasteiger partial charge >= 0.3 is 0 Å². The molecule has 1 fully saturated rings. The van der Waals surface area contributed by atoms with Gasteiger partial charge in [-0.15, -0.1) is 0 Å². The van der Waals surface area contributed by atoms with Gasteiger partial charge in [0.2, 0.25) is 0 Å². The number of hydrogen-bond donors (Lipinski definition) is 1. The minimum absolute atomic E-state index is 0.0361. The third-order valence-corrected chi connectivity index (χ3v) is 4.45. The van der Waals surface area contributed by atoms with Crippen LogP contribution in [-0.4, -0.2) is 38.1 Å². The Morgan fingerprint density at radius 3 is 3.00 bits per heavy atom. The Morgan fingerprint density at radius 2 is 2.25 bits per heavy atom. The van der Waals surface area contributed by atoms with Crippen molar-refractivity contribution in [2.45, 2.75) is 25.3 Å². The van der Waals surface area contributed by atoms with Gasteiger partial charge in [-0.25, -0.2) is 9.97 Å². The fraction of sp³-hybridized carbons (Fsp3) is 0.333. The second-order valence-electron chi connectivity index (χ2n) is 6.25. The van der Waals surface area contributed by atoms with E-state index in [1.54, 1.807) is 10.9 Å². The standard InChI is InChI=1S/C18H19N5O/c1-23-11-14(10-21-23)12-4-5-13-9-20-18(22-16(13)7-12)8-17(24)15-3-2-6-19-15/h4-5,7,9-11,15,19H,2-3,6,8H2,1H3/t15-/m1/s1. The summed E-state index contributed by atoms with van der Waals surface area (Å²) in [5, 5.41) is 8.41. The average Bonchev–Trinajstić information content (AvgIpc) is 3.25. The molecule has 1 aliphatic heterocycles. The molecule has 3 aromatic rings. The van der Waals surface area contributed by atoms with Crippen LogP contribution in [0.1, 0.15) is 18.7 Å². The molecule has 122 valence electrons. The van der Waals surface area contributed by atoms with Crippen molar-refractivity contribution in [1.29, 1.82) is 0 Å². The number of rotatable bonds is 4. The second-order valence-corrected chi connectivity index (χ2v) is 6.25. The number of Topliss-reactive ketones (excluding diaryl/α,β-unsaturated/α-hetero) is 1. The van der Waals surface area contributed by atoms with Crippen molar-refractivity contribution in [1.82, 2.24) is 25.1 Å². The Kier molecular flexibility index (Phi) is 3.82. The molecule has 1 saturated heterocycles. The van der Waals surface area contributed by atoms with Gasteiger partial charge in [0.25, 0.3) is 0 Å². The first-order valence-corrected chi connectivity index (χ1v) is 8.20. The Bertz CT molecular complexity index is 895. The number of nitrogens with zero attached hydrogens (tertiary/aromatic N) is 4. The molecular weight excluding hydrogens is 302 g/mol. The third-order valence-electron chi connectivity index (χ3n) is 4.45. The van der Waals surface area contributed by atoms with Gasteiger partial charge in [0, 0.05) is 30.4 Å². The molecule has 1 atom stereocenters. The highest BCUT2D eigenvalue weighted by molar-refractivity contribution is 5.87. The largest absolute Gasteiger partial charge is 0.307 e. The van der Waals surface area contributed by atoms with Crippen LogP contribution in [0.2, 0.25) is 0 Å². The van der Waals surface area contributed by atoms with E-state index in [1.165, 1.54) is 0 Å². The Labute approximate surface area is 139 Å². The van der Waals surface area contributed by atoms with Crippen LogP contribution < -0.4 is 5.32 Å². The van der Waals surface area contributed by atoms with Crippen LogP contribution in [0, 0.1) is 0 Å². The number of nitrogens with one attached hydrogen (secondary N) is 1. The van der Waals surface area contributed by atoms with Crippen molar-refractivity contribution in [3.63, 3.8) is 0 Å². The molecule has 0 amide bonds. The molecule has 3 heterocycles. The van der Waals surface area contributed by atoms with E-state index in [4.69, 9.17) is 0 Å². The third kappa shape index (κ3) is 2.92. The molecule has 4 rings (SSSR count). The Balaban J connectivity index is 1.62. The van der Waals surface area contributed by atoms with Crippen LogP contribution in [0.4, 0.5) is 0 Å². The smallest absolute Gasteiger partial charge is 0.157 e. The van der Waals surface area contributed by atoms with Gasteiger partial charge < -0.3 is 5.32 Å². The van der Waals surface area contributed by atoms with E-state index in [0.29, 0.717) is 5.82 Å². The maximum Gasteiger partial charge on any atom is 0.157 e. The molecule has 0 aliphatic carbocycles. The van der Waals surface area contributed by atoms with Crippen molar-refractivity contribution in [3.8, 4) is 11.1 Å². The quantitative estimate of drug-likeness (QED) is 0.794. The minimum Gasteiger partial charge on any atom is -0.307 e. The van der Waals surface area contributed by atoms with Crippen molar-refractivity contribution in [3.05, 3.63) is 42.6 Å². The van der Waals surface area contributed by atoms with Crippen LogP contribution in [0.25, 0.3) is 22.0 Å². The van der Waals surface area contributed by atoms with E-state index in [1.807, 2.05) is 37.6 Å². The predicted octanol–water partition coefficient (Wildman–Crippen LogP) is 1.89. The van der Waals surface area contributed by atoms with Gasteiger partial charge in [0.1, 0.15) is 5.82 Å². The molecule has 6 heteroatoms. The number of aryl methyl sites for hydroxylation is 1. The van der Waals surface area contributed by atoms with Gasteiger partial charge in [-0.1, -0.05) is 12.1 Å². The first-order valence-electron chi connectivity index (χ1n) is 8.20. The summed E-state index contributed by atoms with van der Waals surface area (Å²) < 4.78 is 1.78. The summed E-state index contributed by atoms with van der Waals surface area (Å²) in [5.41, 5.74) is 2.96. The number of hydrogen-bond acceptors (Lipinski definition) is 5. The van der Waals surface area contributed by atoms with Crippen molar-refractivity contribution in [2.24, 2.45) is 7.05 Å². The zero-order valence-electron chi connectivity index (χ0n) is 13.6. The Morgan fingerprint density at radius 1 is 1.33 bits per heavy atom. The highest BCUT2D eigenvalue weighted by Crippen LogP contribution is 2.23. The molecule has 2 aromatic heterocycles. The van der Waals surface area contributed by atoms with Crippen LogP contribution >= 0.6 is 0 Å². The molecule has 24 heavy (non-hydrogen) atoms. The fourth-order valence-corrected chi connectivity index (χ4v) is 3.14. The monoisotopic (exact) mass is 321 g/mol. The molecule has 1 aliphatic rings. The number of benzene rings is 1. The lowest BCUT2D eigenvalue weighted by Crippen LogP contribution is -2.32. The van der Waals surface area contributed by atoms with E-state index in [2.05, 4.69) is 20.4 Å². The molecule has 1 aromatic carbocycles. The zero-order valence-corrected chi connectivity index (χ0v) is 13.6. The van der Waals surface area contributed by atoms with Crippen LogP contribution in [0.15, 0.2) is 36.8 Å². The van der Waals surface area contributed by atoms with Crippen LogP contribution in [0.3, 0.4) is 0 Å². The lowest BCUT2D eigenvalue weighted by Gasteiger charge is -2.08. The summed E-state index contributed by atoms with van der Waals surface area (Å²) in [5.74, 6) is 0.764. The molecule has 0 bridgehead atoms. The summed E-state index contributed by atoms with van der Waals surface area (Å²) >= 11 is 0. The predicted molar refractivity (Wildman–Crippen MR) is 91.5 cm³/mol. The normalized spacial score (nSPS) is 17.5. The van der Waals surface area contributed by atoms with E-state index in [9.17, 15) is 4.79 Å². The topological polar surface area (TPSA) is 72.7 Å². The number of carbonyl (C=O) groups excluding carboxylic acids is 1. The second kappa shape index (κ2) is 6.13. The van der Waals surface area contributed by atoms with Gasteiger partial charge in [0.15, 0.2) is 5.78 Å². The van der Waals surface area contributed by atoms with Gasteiger partial charge in [-0.3, -0.25) is 9.48 Å². The fourth-order valence-electron chi connectivity index (χ4n) is 3.14. The highest BCUT2D eigenvalue weighted by Gasteiger charge is 2.22. The van der Waals surface area contributed by atoms with Crippen molar-refractivity contribution < 1.29 is 4.79 Å². The molecule has 0 unspecified atom stereocenters. The summed E-state index contributed by atoms with van der Waals surface area (Å²) in [4.78, 5) is 21.2. The molecule has 0 saturated carbocycles.